The summed E-state index contributed by atoms with van der Waals surface area (Å²) in [7, 11) is -3.08. The van der Waals surface area contributed by atoms with Crippen LogP contribution < -0.4 is 5.73 Å². The van der Waals surface area contributed by atoms with Gasteiger partial charge in [-0.25, -0.2) is 8.42 Å². The Morgan fingerprint density at radius 3 is 2.95 bits per heavy atom. The summed E-state index contributed by atoms with van der Waals surface area (Å²) in [5.41, 5.74) is 7.14. The second-order valence-corrected chi connectivity index (χ2v) is 8.30. The number of nitrogens with one attached hydrogen (secondary N) is 1. The molecule has 0 amide bonds. The van der Waals surface area contributed by atoms with Crippen LogP contribution in [0.2, 0.25) is 0 Å². The minimum absolute atomic E-state index is 0.0284. The summed E-state index contributed by atoms with van der Waals surface area (Å²) in [4.78, 5) is 1.99. The summed E-state index contributed by atoms with van der Waals surface area (Å²) in [5, 5.41) is 7.03. The predicted octanol–water partition coefficient (Wildman–Crippen LogP) is 0.890. The first-order chi connectivity index (χ1) is 9.38. The van der Waals surface area contributed by atoms with Crippen LogP contribution in [0.3, 0.4) is 0 Å². The SMILES string of the molecule is CS(=O)(=O)C1CSCCN1Cc1cccc(C(=N)N)c1. The van der Waals surface area contributed by atoms with E-state index >= 15 is 0 Å². The van der Waals surface area contributed by atoms with Crippen LogP contribution in [0.5, 0.6) is 0 Å². The lowest BCUT2D eigenvalue weighted by molar-refractivity contribution is 0.262. The first-order valence-corrected chi connectivity index (χ1v) is 9.43. The minimum atomic E-state index is -3.08. The van der Waals surface area contributed by atoms with E-state index in [0.717, 1.165) is 17.9 Å². The normalized spacial score (nSPS) is 20.8. The van der Waals surface area contributed by atoms with Crippen molar-refractivity contribution in [3.8, 4) is 0 Å². The maximum absolute atomic E-state index is 11.9. The standard InChI is InChI=1S/C13H19N3O2S2/c1-20(17,18)12-9-19-6-5-16(12)8-10-3-2-4-11(7-10)13(14)15/h2-4,7,12H,5-6,8-9H2,1H3,(H3,14,15). The highest BCUT2D eigenvalue weighted by molar-refractivity contribution is 8.00. The summed E-state index contributed by atoms with van der Waals surface area (Å²) in [6.07, 6.45) is 1.29. The van der Waals surface area contributed by atoms with Crippen molar-refractivity contribution in [1.82, 2.24) is 4.90 Å². The zero-order valence-electron chi connectivity index (χ0n) is 11.4. The van der Waals surface area contributed by atoms with E-state index in [1.54, 1.807) is 17.8 Å². The van der Waals surface area contributed by atoms with Crippen molar-refractivity contribution in [3.63, 3.8) is 0 Å². The minimum Gasteiger partial charge on any atom is -0.384 e. The molecule has 1 aromatic carbocycles. The molecule has 1 fully saturated rings. The molecule has 7 heteroatoms. The molecule has 3 N–H and O–H groups in total. The maximum Gasteiger partial charge on any atom is 0.164 e. The third-order valence-electron chi connectivity index (χ3n) is 3.31. The number of amidine groups is 1. The van der Waals surface area contributed by atoms with Gasteiger partial charge in [-0.1, -0.05) is 18.2 Å². The lowest BCUT2D eigenvalue weighted by Gasteiger charge is -2.34. The highest BCUT2D eigenvalue weighted by atomic mass is 32.2. The molecule has 1 unspecified atom stereocenters. The van der Waals surface area contributed by atoms with Gasteiger partial charge in [0, 0.05) is 36.4 Å². The highest BCUT2D eigenvalue weighted by Crippen LogP contribution is 2.22. The van der Waals surface area contributed by atoms with Crippen molar-refractivity contribution < 1.29 is 8.42 Å². The van der Waals surface area contributed by atoms with Crippen LogP contribution in [0.15, 0.2) is 24.3 Å². The topological polar surface area (TPSA) is 87.2 Å². The number of thioether (sulfide) groups is 1. The van der Waals surface area contributed by atoms with Gasteiger partial charge >= 0.3 is 0 Å². The molecule has 1 heterocycles. The molecule has 1 atom stereocenters. The van der Waals surface area contributed by atoms with Crippen molar-refractivity contribution in [3.05, 3.63) is 35.4 Å². The molecule has 0 spiro atoms. The van der Waals surface area contributed by atoms with Crippen LogP contribution in [0.1, 0.15) is 11.1 Å². The van der Waals surface area contributed by atoms with Gasteiger partial charge in [0.05, 0.1) is 0 Å². The number of nitrogens with zero attached hydrogens (tertiary/aromatic N) is 1. The van der Waals surface area contributed by atoms with Gasteiger partial charge in [-0.2, -0.15) is 11.8 Å². The average molecular weight is 313 g/mol. The van der Waals surface area contributed by atoms with Crippen LogP contribution in [0.25, 0.3) is 0 Å². The van der Waals surface area contributed by atoms with E-state index in [9.17, 15) is 8.42 Å². The Morgan fingerprint density at radius 2 is 2.30 bits per heavy atom. The van der Waals surface area contributed by atoms with Gasteiger partial charge in [0.2, 0.25) is 0 Å². The first-order valence-electron chi connectivity index (χ1n) is 6.32. The average Bonchev–Trinajstić information content (AvgIpc) is 2.38. The van der Waals surface area contributed by atoms with E-state index in [1.807, 2.05) is 23.1 Å². The second-order valence-electron chi connectivity index (χ2n) is 4.94. The zero-order valence-corrected chi connectivity index (χ0v) is 13.0. The first kappa shape index (κ1) is 15.3. The lowest BCUT2D eigenvalue weighted by Crippen LogP contribution is -2.46. The van der Waals surface area contributed by atoms with E-state index < -0.39 is 15.2 Å². The van der Waals surface area contributed by atoms with Gasteiger partial charge in [-0.3, -0.25) is 10.3 Å². The fourth-order valence-corrected chi connectivity index (χ4v) is 5.20. The number of hydrogen-bond acceptors (Lipinski definition) is 5. The van der Waals surface area contributed by atoms with Gasteiger partial charge in [0.15, 0.2) is 9.84 Å². The number of benzene rings is 1. The zero-order chi connectivity index (χ0) is 14.8. The molecule has 1 saturated heterocycles. The molecular weight excluding hydrogens is 294 g/mol. The highest BCUT2D eigenvalue weighted by Gasteiger charge is 2.30. The van der Waals surface area contributed by atoms with Crippen LogP contribution >= 0.6 is 11.8 Å². The van der Waals surface area contributed by atoms with Crippen molar-refractivity contribution in [2.75, 3.05) is 24.3 Å². The lowest BCUT2D eigenvalue weighted by atomic mass is 10.1. The van der Waals surface area contributed by atoms with E-state index in [0.29, 0.717) is 17.9 Å². The second kappa shape index (κ2) is 6.15. The Morgan fingerprint density at radius 1 is 1.55 bits per heavy atom. The summed E-state index contributed by atoms with van der Waals surface area (Å²) < 4.78 is 23.7. The molecule has 0 aliphatic carbocycles. The van der Waals surface area contributed by atoms with Crippen molar-refractivity contribution >= 4 is 27.4 Å². The van der Waals surface area contributed by atoms with E-state index in [2.05, 4.69) is 0 Å². The smallest absolute Gasteiger partial charge is 0.164 e. The molecule has 20 heavy (non-hydrogen) atoms. The summed E-state index contributed by atoms with van der Waals surface area (Å²) >= 11 is 1.68. The quantitative estimate of drug-likeness (QED) is 0.637. The number of hydrogen-bond donors (Lipinski definition) is 2. The van der Waals surface area contributed by atoms with Crippen molar-refractivity contribution in [2.24, 2.45) is 5.73 Å². The summed E-state index contributed by atoms with van der Waals surface area (Å²) in [6, 6.07) is 7.42. The fourth-order valence-electron chi connectivity index (χ4n) is 2.26. The van der Waals surface area contributed by atoms with Gasteiger partial charge in [-0.15, -0.1) is 0 Å². The van der Waals surface area contributed by atoms with Crippen LogP contribution in [-0.2, 0) is 16.4 Å². The predicted molar refractivity (Wildman–Crippen MR) is 83.8 cm³/mol. The van der Waals surface area contributed by atoms with Crippen LogP contribution in [0, 0.1) is 5.41 Å². The number of rotatable bonds is 4. The summed E-state index contributed by atoms with van der Waals surface area (Å²) in [6.45, 7) is 1.33. The van der Waals surface area contributed by atoms with Gasteiger partial charge in [0.1, 0.15) is 11.2 Å². The molecular formula is C13H19N3O2S2. The van der Waals surface area contributed by atoms with E-state index in [-0.39, 0.29) is 5.84 Å². The molecule has 0 radical (unpaired) electrons. The molecule has 1 aliphatic rings. The number of nitrogen functional groups attached to an aromatic ring is 1. The largest absolute Gasteiger partial charge is 0.384 e. The number of nitrogens with two attached hydrogens (primary N) is 1. The Bertz CT molecular complexity index is 601. The van der Waals surface area contributed by atoms with E-state index in [4.69, 9.17) is 11.1 Å². The monoisotopic (exact) mass is 313 g/mol. The molecule has 0 bridgehead atoms. The van der Waals surface area contributed by atoms with Gasteiger partial charge in [-0.05, 0) is 11.6 Å². The molecule has 5 nitrogen and oxygen atoms in total. The van der Waals surface area contributed by atoms with Crippen LogP contribution in [-0.4, -0.2) is 48.8 Å². The van der Waals surface area contributed by atoms with Gasteiger partial charge in [0.25, 0.3) is 0 Å². The van der Waals surface area contributed by atoms with Crippen molar-refractivity contribution in [2.45, 2.75) is 11.9 Å². The summed E-state index contributed by atoms with van der Waals surface area (Å²) in [5.74, 6) is 1.59. The molecule has 110 valence electrons. The molecule has 0 saturated carbocycles. The Hall–Kier alpha value is -1.05. The maximum atomic E-state index is 11.9. The van der Waals surface area contributed by atoms with Crippen LogP contribution in [0.4, 0.5) is 0 Å². The molecule has 1 aliphatic heterocycles. The molecule has 1 aromatic rings. The van der Waals surface area contributed by atoms with E-state index in [1.165, 1.54) is 6.26 Å². The molecule has 0 aromatic heterocycles. The third-order valence-corrected chi connectivity index (χ3v) is 6.00. The fraction of sp³-hybridized carbons (Fsp3) is 0.462. The van der Waals surface area contributed by atoms with Gasteiger partial charge < -0.3 is 5.73 Å². The Labute approximate surface area is 124 Å². The number of sulfone groups is 1. The third kappa shape index (κ3) is 3.74. The Kier molecular flexibility index (Phi) is 4.72. The molecule has 2 rings (SSSR count). The Balaban J connectivity index is 2.19. The van der Waals surface area contributed by atoms with Crippen molar-refractivity contribution in [1.29, 1.82) is 5.41 Å².